The minimum Gasteiger partial charge on any atom is -0.355 e. The Kier molecular flexibility index (Phi) is 5.45. The summed E-state index contributed by atoms with van der Waals surface area (Å²) in [5.74, 6) is 0.675. The largest absolute Gasteiger partial charge is 0.355 e. The lowest BCUT2D eigenvalue weighted by molar-refractivity contribution is -0.120. The summed E-state index contributed by atoms with van der Waals surface area (Å²) in [5, 5.41) is 5.82. The summed E-state index contributed by atoms with van der Waals surface area (Å²) < 4.78 is 0. The van der Waals surface area contributed by atoms with Crippen LogP contribution in [0.15, 0.2) is 36.0 Å². The Morgan fingerprint density at radius 3 is 2.80 bits per heavy atom. The molecule has 3 heterocycles. The van der Waals surface area contributed by atoms with Gasteiger partial charge in [-0.05, 0) is 26.0 Å². The molecule has 3 rings (SSSR count). The van der Waals surface area contributed by atoms with Gasteiger partial charge in [0.25, 0.3) is 0 Å². The molecule has 1 N–H and O–H groups in total. The van der Waals surface area contributed by atoms with Crippen LogP contribution in [0.5, 0.6) is 0 Å². The van der Waals surface area contributed by atoms with Gasteiger partial charge >= 0.3 is 0 Å². The first kappa shape index (κ1) is 17.2. The molecule has 0 aliphatic heterocycles. The van der Waals surface area contributed by atoms with Crippen LogP contribution in [0.2, 0.25) is 0 Å². The zero-order valence-electron chi connectivity index (χ0n) is 14.2. The standard InChI is InChI=1S/C18H19N5OS/c1-12-21-10-15(16-5-3-4-7-19-16)17(22-12)6-8-20-18(24)9-14-11-25-13(2)23-14/h3-5,7,10-11H,6,8-9H2,1-2H3,(H,20,24). The van der Waals surface area contributed by atoms with Gasteiger partial charge < -0.3 is 5.32 Å². The van der Waals surface area contributed by atoms with E-state index < -0.39 is 0 Å². The highest BCUT2D eigenvalue weighted by Gasteiger charge is 2.11. The fourth-order valence-electron chi connectivity index (χ4n) is 2.48. The number of rotatable bonds is 6. The van der Waals surface area contributed by atoms with Crippen molar-refractivity contribution in [1.82, 2.24) is 25.3 Å². The van der Waals surface area contributed by atoms with Crippen LogP contribution >= 0.6 is 11.3 Å². The maximum Gasteiger partial charge on any atom is 0.226 e. The second-order valence-electron chi connectivity index (χ2n) is 5.63. The van der Waals surface area contributed by atoms with Crippen LogP contribution in [0.4, 0.5) is 0 Å². The van der Waals surface area contributed by atoms with Crippen molar-refractivity contribution in [2.75, 3.05) is 6.54 Å². The third-order valence-corrected chi connectivity index (χ3v) is 4.44. The van der Waals surface area contributed by atoms with E-state index in [0.29, 0.717) is 25.2 Å². The van der Waals surface area contributed by atoms with E-state index in [1.165, 1.54) is 0 Å². The van der Waals surface area contributed by atoms with Crippen molar-refractivity contribution in [2.24, 2.45) is 0 Å². The molecule has 0 spiro atoms. The van der Waals surface area contributed by atoms with Gasteiger partial charge in [-0.3, -0.25) is 9.78 Å². The van der Waals surface area contributed by atoms with Crippen molar-refractivity contribution < 1.29 is 4.79 Å². The van der Waals surface area contributed by atoms with E-state index in [1.807, 2.05) is 37.4 Å². The molecule has 1 amide bonds. The van der Waals surface area contributed by atoms with Crippen LogP contribution in [0.1, 0.15) is 22.2 Å². The number of aromatic nitrogens is 4. The molecule has 0 aromatic carbocycles. The molecule has 7 heteroatoms. The number of hydrogen-bond donors (Lipinski definition) is 1. The van der Waals surface area contributed by atoms with E-state index in [4.69, 9.17) is 0 Å². The maximum absolute atomic E-state index is 12.0. The lowest BCUT2D eigenvalue weighted by Crippen LogP contribution is -2.27. The van der Waals surface area contributed by atoms with E-state index in [0.717, 1.165) is 27.7 Å². The third kappa shape index (κ3) is 4.67. The molecule has 0 saturated carbocycles. The number of amides is 1. The Morgan fingerprint density at radius 2 is 2.08 bits per heavy atom. The summed E-state index contributed by atoms with van der Waals surface area (Å²) in [7, 11) is 0. The molecule has 0 saturated heterocycles. The van der Waals surface area contributed by atoms with Crippen LogP contribution in [-0.4, -0.2) is 32.4 Å². The molecular formula is C18H19N5OS. The monoisotopic (exact) mass is 353 g/mol. The Bertz CT molecular complexity index is 863. The molecule has 0 aliphatic rings. The maximum atomic E-state index is 12.0. The summed E-state index contributed by atoms with van der Waals surface area (Å²) >= 11 is 1.55. The molecule has 0 atom stereocenters. The van der Waals surface area contributed by atoms with Crippen molar-refractivity contribution in [2.45, 2.75) is 26.7 Å². The van der Waals surface area contributed by atoms with Crippen molar-refractivity contribution in [3.63, 3.8) is 0 Å². The number of thiazole rings is 1. The first-order chi connectivity index (χ1) is 12.1. The predicted molar refractivity (Wildman–Crippen MR) is 97.3 cm³/mol. The van der Waals surface area contributed by atoms with Gasteiger partial charge in [-0.15, -0.1) is 11.3 Å². The van der Waals surface area contributed by atoms with Crippen LogP contribution in [0.3, 0.4) is 0 Å². The summed E-state index contributed by atoms with van der Waals surface area (Å²) in [4.78, 5) is 29.5. The smallest absolute Gasteiger partial charge is 0.226 e. The quantitative estimate of drug-likeness (QED) is 0.736. The molecule has 0 bridgehead atoms. The van der Waals surface area contributed by atoms with E-state index in [1.54, 1.807) is 23.7 Å². The summed E-state index contributed by atoms with van der Waals surface area (Å²) in [5.41, 5.74) is 3.43. The average molecular weight is 353 g/mol. The van der Waals surface area contributed by atoms with Gasteiger partial charge in [0.2, 0.25) is 5.91 Å². The van der Waals surface area contributed by atoms with E-state index in [-0.39, 0.29) is 5.91 Å². The molecular weight excluding hydrogens is 334 g/mol. The van der Waals surface area contributed by atoms with E-state index in [2.05, 4.69) is 25.3 Å². The molecule has 0 unspecified atom stereocenters. The van der Waals surface area contributed by atoms with Gasteiger partial charge in [-0.1, -0.05) is 6.07 Å². The second-order valence-corrected chi connectivity index (χ2v) is 6.69. The number of aryl methyl sites for hydroxylation is 2. The Morgan fingerprint density at radius 1 is 1.20 bits per heavy atom. The Hall–Kier alpha value is -2.67. The topological polar surface area (TPSA) is 80.7 Å². The van der Waals surface area contributed by atoms with Crippen molar-refractivity contribution >= 4 is 17.2 Å². The minimum atomic E-state index is -0.0320. The Labute approximate surface area is 150 Å². The molecule has 25 heavy (non-hydrogen) atoms. The number of nitrogens with zero attached hydrogens (tertiary/aromatic N) is 4. The Balaban J connectivity index is 1.63. The van der Waals surface area contributed by atoms with Crippen LogP contribution in [-0.2, 0) is 17.6 Å². The average Bonchev–Trinajstić information content (AvgIpc) is 3.00. The van der Waals surface area contributed by atoms with E-state index in [9.17, 15) is 4.79 Å². The second kappa shape index (κ2) is 7.94. The zero-order chi connectivity index (χ0) is 17.6. The fraction of sp³-hybridized carbons (Fsp3) is 0.278. The number of carbonyl (C=O) groups excluding carboxylic acids is 1. The molecule has 128 valence electrons. The van der Waals surface area contributed by atoms with Gasteiger partial charge in [0.15, 0.2) is 0 Å². The highest BCUT2D eigenvalue weighted by atomic mass is 32.1. The third-order valence-electron chi connectivity index (χ3n) is 3.62. The molecule has 0 radical (unpaired) electrons. The van der Waals surface area contributed by atoms with Crippen LogP contribution in [0.25, 0.3) is 11.3 Å². The molecule has 0 aliphatic carbocycles. The molecule has 0 fully saturated rings. The van der Waals surface area contributed by atoms with Gasteiger partial charge in [0, 0.05) is 36.3 Å². The van der Waals surface area contributed by atoms with Crippen molar-refractivity contribution in [1.29, 1.82) is 0 Å². The summed E-state index contributed by atoms with van der Waals surface area (Å²) in [6, 6.07) is 5.74. The van der Waals surface area contributed by atoms with Gasteiger partial charge in [-0.25, -0.2) is 15.0 Å². The molecule has 3 aromatic rings. The fourth-order valence-corrected chi connectivity index (χ4v) is 3.09. The summed E-state index contributed by atoms with van der Waals surface area (Å²) in [6.07, 6.45) is 4.47. The van der Waals surface area contributed by atoms with Crippen molar-refractivity contribution in [3.8, 4) is 11.3 Å². The first-order valence-electron chi connectivity index (χ1n) is 8.03. The zero-order valence-corrected chi connectivity index (χ0v) is 15.0. The van der Waals surface area contributed by atoms with Crippen LogP contribution < -0.4 is 5.32 Å². The number of pyridine rings is 1. The lowest BCUT2D eigenvalue weighted by atomic mass is 10.1. The van der Waals surface area contributed by atoms with Gasteiger partial charge in [0.1, 0.15) is 5.82 Å². The lowest BCUT2D eigenvalue weighted by Gasteiger charge is -2.09. The first-order valence-corrected chi connectivity index (χ1v) is 8.91. The molecule has 3 aromatic heterocycles. The minimum absolute atomic E-state index is 0.0320. The SMILES string of the molecule is Cc1ncc(-c2ccccn2)c(CCNC(=O)Cc2csc(C)n2)n1. The number of nitrogens with one attached hydrogen (secondary N) is 1. The highest BCUT2D eigenvalue weighted by molar-refractivity contribution is 7.09. The normalized spacial score (nSPS) is 10.6. The highest BCUT2D eigenvalue weighted by Crippen LogP contribution is 2.19. The van der Waals surface area contributed by atoms with E-state index >= 15 is 0 Å². The predicted octanol–water partition coefficient (Wildman–Crippen LogP) is 2.51. The van der Waals surface area contributed by atoms with Gasteiger partial charge in [0.05, 0.1) is 28.5 Å². The van der Waals surface area contributed by atoms with Gasteiger partial charge in [-0.2, -0.15) is 0 Å². The number of hydrogen-bond acceptors (Lipinski definition) is 6. The molecule has 6 nitrogen and oxygen atoms in total. The number of carbonyl (C=O) groups is 1. The summed E-state index contributed by atoms with van der Waals surface area (Å²) in [6.45, 7) is 4.30. The van der Waals surface area contributed by atoms with Crippen LogP contribution in [0, 0.1) is 13.8 Å². The van der Waals surface area contributed by atoms with Crippen molar-refractivity contribution in [3.05, 3.63) is 58.2 Å².